The number of fused-ring (bicyclic) bond motifs is 1. The number of phenols is 1. The first-order valence-electron chi connectivity index (χ1n) is 7.11. The second kappa shape index (κ2) is 5.09. The van der Waals surface area contributed by atoms with Crippen molar-refractivity contribution in [2.24, 2.45) is 11.7 Å². The lowest BCUT2D eigenvalue weighted by Gasteiger charge is -2.34. The molecule has 1 aromatic rings. The van der Waals surface area contributed by atoms with Crippen molar-refractivity contribution in [2.75, 3.05) is 0 Å². The Balaban J connectivity index is 2.07. The van der Waals surface area contributed by atoms with Crippen molar-refractivity contribution in [1.82, 2.24) is 0 Å². The fourth-order valence-corrected chi connectivity index (χ4v) is 3.43. The van der Waals surface area contributed by atoms with Gasteiger partial charge in [-0.05, 0) is 24.8 Å². The maximum absolute atomic E-state index is 9.59. The first kappa shape index (κ1) is 12.9. The molecule has 1 saturated carbocycles. The molecule has 0 radical (unpaired) electrons. The van der Waals surface area contributed by atoms with Crippen LogP contribution in [0.3, 0.4) is 0 Å². The molecule has 0 aromatic heterocycles. The summed E-state index contributed by atoms with van der Waals surface area (Å²) >= 11 is 0. The van der Waals surface area contributed by atoms with Crippen molar-refractivity contribution >= 4 is 0 Å². The molecule has 1 aliphatic carbocycles. The van der Waals surface area contributed by atoms with E-state index in [2.05, 4.69) is 6.07 Å². The molecule has 3 rings (SSSR count). The fourth-order valence-electron chi connectivity index (χ4n) is 3.43. The van der Waals surface area contributed by atoms with Crippen LogP contribution in [0.4, 0.5) is 0 Å². The summed E-state index contributed by atoms with van der Waals surface area (Å²) in [5.41, 5.74) is 7.41. The lowest BCUT2D eigenvalue weighted by molar-refractivity contribution is 0.298. The Bertz CT molecular complexity index is 595. The zero-order chi connectivity index (χ0) is 14.1. The second-order valence-electron chi connectivity index (χ2n) is 5.59. The van der Waals surface area contributed by atoms with Crippen molar-refractivity contribution < 1.29 is 9.84 Å². The van der Waals surface area contributed by atoms with Gasteiger partial charge in [-0.2, -0.15) is 5.26 Å². The number of allylic oxidation sites excluding steroid dienone is 1. The predicted molar refractivity (Wildman–Crippen MR) is 74.9 cm³/mol. The summed E-state index contributed by atoms with van der Waals surface area (Å²) in [6.45, 7) is 0. The van der Waals surface area contributed by atoms with Gasteiger partial charge < -0.3 is 15.6 Å². The number of nitrogens with zero attached hydrogens (tertiary/aromatic N) is 1. The molecular formula is C16H18N2O2. The lowest BCUT2D eigenvalue weighted by Crippen LogP contribution is -2.26. The van der Waals surface area contributed by atoms with Gasteiger partial charge in [0, 0.05) is 17.5 Å². The maximum atomic E-state index is 9.59. The van der Waals surface area contributed by atoms with E-state index in [4.69, 9.17) is 10.5 Å². The smallest absolute Gasteiger partial charge is 0.205 e. The van der Waals surface area contributed by atoms with Crippen molar-refractivity contribution in [2.45, 2.75) is 38.0 Å². The van der Waals surface area contributed by atoms with E-state index in [1.165, 1.54) is 19.3 Å². The Morgan fingerprint density at radius 2 is 2.00 bits per heavy atom. The lowest BCUT2D eigenvalue weighted by atomic mass is 9.72. The molecule has 0 saturated heterocycles. The van der Waals surface area contributed by atoms with Crippen LogP contribution < -0.4 is 10.5 Å². The summed E-state index contributed by atoms with van der Waals surface area (Å²) in [5, 5.41) is 19.0. The minimum absolute atomic E-state index is 0.00431. The van der Waals surface area contributed by atoms with Crippen LogP contribution in [0.2, 0.25) is 0 Å². The zero-order valence-corrected chi connectivity index (χ0v) is 11.3. The molecule has 1 fully saturated rings. The Morgan fingerprint density at radius 1 is 1.25 bits per heavy atom. The SMILES string of the molecule is N#CC1=C(N)Oc2cc(O)ccc2C1C1CCCCC1. The van der Waals surface area contributed by atoms with Crippen LogP contribution in [0.25, 0.3) is 0 Å². The summed E-state index contributed by atoms with van der Waals surface area (Å²) in [6, 6.07) is 7.30. The van der Waals surface area contributed by atoms with Gasteiger partial charge in [-0.1, -0.05) is 25.3 Å². The fraction of sp³-hybridized carbons (Fsp3) is 0.438. The number of nitriles is 1. The third-order valence-corrected chi connectivity index (χ3v) is 4.37. The van der Waals surface area contributed by atoms with Crippen LogP contribution in [-0.2, 0) is 0 Å². The highest BCUT2D eigenvalue weighted by Gasteiger charge is 2.35. The van der Waals surface area contributed by atoms with Gasteiger partial charge in [0.15, 0.2) is 0 Å². The molecule has 104 valence electrons. The zero-order valence-electron chi connectivity index (χ0n) is 11.3. The van der Waals surface area contributed by atoms with Crippen molar-refractivity contribution in [1.29, 1.82) is 5.26 Å². The highest BCUT2D eigenvalue weighted by atomic mass is 16.5. The van der Waals surface area contributed by atoms with Crippen LogP contribution in [0.5, 0.6) is 11.5 Å². The number of rotatable bonds is 1. The third kappa shape index (κ3) is 2.09. The van der Waals surface area contributed by atoms with Gasteiger partial charge >= 0.3 is 0 Å². The maximum Gasteiger partial charge on any atom is 0.205 e. The van der Waals surface area contributed by atoms with Crippen LogP contribution in [-0.4, -0.2) is 5.11 Å². The summed E-state index contributed by atoms with van der Waals surface area (Å²) in [5.74, 6) is 1.35. The number of nitrogens with two attached hydrogens (primary N) is 1. The van der Waals surface area contributed by atoms with Crippen LogP contribution in [0.15, 0.2) is 29.7 Å². The normalized spacial score (nSPS) is 22.9. The monoisotopic (exact) mass is 270 g/mol. The van der Waals surface area contributed by atoms with Gasteiger partial charge in [-0.3, -0.25) is 0 Å². The average Bonchev–Trinajstić information content (AvgIpc) is 2.46. The second-order valence-corrected chi connectivity index (χ2v) is 5.59. The Kier molecular flexibility index (Phi) is 3.27. The standard InChI is InChI=1S/C16H18N2O2/c17-9-13-15(10-4-2-1-3-5-10)12-7-6-11(19)8-14(12)20-16(13)18/h6-8,10,15,19H,1-5,18H2. The molecule has 2 aliphatic rings. The molecule has 0 bridgehead atoms. The summed E-state index contributed by atoms with van der Waals surface area (Å²) in [7, 11) is 0. The molecule has 3 N–H and O–H groups in total. The number of hydrogen-bond donors (Lipinski definition) is 2. The minimum Gasteiger partial charge on any atom is -0.508 e. The van der Waals surface area contributed by atoms with E-state index in [9.17, 15) is 10.4 Å². The Labute approximate surface area is 118 Å². The topological polar surface area (TPSA) is 79.3 Å². The third-order valence-electron chi connectivity index (χ3n) is 4.37. The van der Waals surface area contributed by atoms with Crippen molar-refractivity contribution in [3.8, 4) is 17.6 Å². The van der Waals surface area contributed by atoms with E-state index in [0.717, 1.165) is 18.4 Å². The molecule has 1 aromatic carbocycles. The van der Waals surface area contributed by atoms with Gasteiger partial charge in [0.2, 0.25) is 5.88 Å². The molecule has 1 heterocycles. The molecule has 4 nitrogen and oxygen atoms in total. The highest BCUT2D eigenvalue weighted by molar-refractivity contribution is 5.52. The van der Waals surface area contributed by atoms with E-state index in [0.29, 0.717) is 17.2 Å². The number of aromatic hydroxyl groups is 1. The largest absolute Gasteiger partial charge is 0.508 e. The van der Waals surface area contributed by atoms with Crippen LogP contribution in [0.1, 0.15) is 43.6 Å². The Morgan fingerprint density at radius 3 is 2.70 bits per heavy atom. The molecule has 0 spiro atoms. The number of hydrogen-bond acceptors (Lipinski definition) is 4. The first-order chi connectivity index (χ1) is 9.70. The summed E-state index contributed by atoms with van der Waals surface area (Å²) in [6.07, 6.45) is 5.90. The number of ether oxygens (including phenoxy) is 1. The summed E-state index contributed by atoms with van der Waals surface area (Å²) in [4.78, 5) is 0. The number of benzene rings is 1. The minimum atomic E-state index is 0.00431. The molecule has 20 heavy (non-hydrogen) atoms. The molecule has 1 aliphatic heterocycles. The van der Waals surface area contributed by atoms with E-state index in [-0.39, 0.29) is 17.6 Å². The highest BCUT2D eigenvalue weighted by Crippen LogP contribution is 2.47. The van der Waals surface area contributed by atoms with Gasteiger partial charge in [-0.15, -0.1) is 0 Å². The average molecular weight is 270 g/mol. The van der Waals surface area contributed by atoms with Crippen molar-refractivity contribution in [3.05, 3.63) is 35.2 Å². The molecular weight excluding hydrogens is 252 g/mol. The van der Waals surface area contributed by atoms with E-state index in [1.54, 1.807) is 12.1 Å². The Hall–Kier alpha value is -2.15. The molecule has 1 unspecified atom stereocenters. The first-order valence-corrected chi connectivity index (χ1v) is 7.11. The van der Waals surface area contributed by atoms with Gasteiger partial charge in [-0.25, -0.2) is 0 Å². The van der Waals surface area contributed by atoms with Gasteiger partial charge in [0.25, 0.3) is 0 Å². The molecule has 0 amide bonds. The molecule has 1 atom stereocenters. The summed E-state index contributed by atoms with van der Waals surface area (Å²) < 4.78 is 5.51. The van der Waals surface area contributed by atoms with E-state index < -0.39 is 0 Å². The van der Waals surface area contributed by atoms with Crippen molar-refractivity contribution in [3.63, 3.8) is 0 Å². The van der Waals surface area contributed by atoms with E-state index in [1.807, 2.05) is 6.07 Å². The van der Waals surface area contributed by atoms with E-state index >= 15 is 0 Å². The van der Waals surface area contributed by atoms with Gasteiger partial charge in [0.1, 0.15) is 17.6 Å². The molecule has 4 heteroatoms. The van der Waals surface area contributed by atoms with Crippen LogP contribution >= 0.6 is 0 Å². The van der Waals surface area contributed by atoms with Gasteiger partial charge in [0.05, 0.1) is 5.57 Å². The number of phenolic OH excluding ortho intramolecular Hbond substituents is 1. The predicted octanol–water partition coefficient (Wildman–Crippen LogP) is 3.14. The van der Waals surface area contributed by atoms with Crippen LogP contribution in [0, 0.1) is 17.2 Å². The quantitative estimate of drug-likeness (QED) is 0.821.